The van der Waals surface area contributed by atoms with Gasteiger partial charge in [-0.2, -0.15) is 0 Å². The van der Waals surface area contributed by atoms with Gasteiger partial charge < -0.3 is 4.43 Å². The summed E-state index contributed by atoms with van der Waals surface area (Å²) in [6, 6.07) is 8.60. The van der Waals surface area contributed by atoms with E-state index >= 15 is 0 Å². The van der Waals surface area contributed by atoms with Gasteiger partial charge in [-0.25, -0.2) is 0 Å². The molecule has 0 aliphatic rings. The Balaban J connectivity index is 2.46. The van der Waals surface area contributed by atoms with Crippen LogP contribution < -0.4 is 0 Å². The highest BCUT2D eigenvalue weighted by molar-refractivity contribution is 7.99. The molecule has 0 amide bonds. The van der Waals surface area contributed by atoms with Gasteiger partial charge in [0.15, 0.2) is 8.32 Å². The molecule has 128 valence electrons. The van der Waals surface area contributed by atoms with E-state index in [0.717, 1.165) is 17.9 Å². The minimum Gasteiger partial charge on any atom is -0.416 e. The second-order valence-electron chi connectivity index (χ2n) is 8.48. The Bertz CT molecular complexity index is 554. The topological polar surface area (TPSA) is 9.23 Å². The van der Waals surface area contributed by atoms with E-state index in [2.05, 4.69) is 89.2 Å². The van der Waals surface area contributed by atoms with E-state index in [9.17, 15) is 0 Å². The molecule has 1 aromatic carbocycles. The molecule has 0 spiro atoms. The maximum absolute atomic E-state index is 6.22. The molecule has 0 fully saturated rings. The van der Waals surface area contributed by atoms with Crippen molar-refractivity contribution in [2.75, 3.05) is 12.4 Å². The molecular weight excluding hydrogens is 332 g/mol. The quantitative estimate of drug-likeness (QED) is 0.273. The van der Waals surface area contributed by atoms with Crippen molar-refractivity contribution in [2.45, 2.75) is 63.4 Å². The highest BCUT2D eigenvalue weighted by atomic mass is 32.2. The molecular formula is C19H32OSSi2. The first-order valence-electron chi connectivity index (χ1n) is 8.31. The molecule has 0 atom stereocenters. The Kier molecular flexibility index (Phi) is 7.21. The Morgan fingerprint density at radius 3 is 2.04 bits per heavy atom. The van der Waals surface area contributed by atoms with Crippen molar-refractivity contribution in [3.05, 3.63) is 29.8 Å². The van der Waals surface area contributed by atoms with E-state index in [1.54, 1.807) is 0 Å². The second kappa shape index (κ2) is 8.07. The molecule has 1 rings (SSSR count). The van der Waals surface area contributed by atoms with Gasteiger partial charge in [0.2, 0.25) is 0 Å². The highest BCUT2D eigenvalue weighted by Gasteiger charge is 2.36. The van der Waals surface area contributed by atoms with E-state index in [0.29, 0.717) is 0 Å². The molecule has 0 saturated heterocycles. The molecule has 0 saturated carbocycles. The average molecular weight is 365 g/mol. The zero-order chi connectivity index (χ0) is 17.7. The summed E-state index contributed by atoms with van der Waals surface area (Å²) in [5.41, 5.74) is 4.53. The molecule has 0 aliphatic heterocycles. The van der Waals surface area contributed by atoms with Crippen LogP contribution >= 0.6 is 11.8 Å². The van der Waals surface area contributed by atoms with Gasteiger partial charge in [-0.3, -0.25) is 0 Å². The monoisotopic (exact) mass is 364 g/mol. The molecule has 0 bridgehead atoms. The lowest BCUT2D eigenvalue weighted by Gasteiger charge is -2.36. The van der Waals surface area contributed by atoms with Crippen molar-refractivity contribution in [1.29, 1.82) is 0 Å². The largest absolute Gasteiger partial charge is 0.416 e. The van der Waals surface area contributed by atoms with Gasteiger partial charge in [0.1, 0.15) is 8.07 Å². The smallest absolute Gasteiger partial charge is 0.192 e. The molecule has 1 nitrogen and oxygen atoms in total. The van der Waals surface area contributed by atoms with Gasteiger partial charge in [-0.1, -0.05) is 46.3 Å². The summed E-state index contributed by atoms with van der Waals surface area (Å²) >= 11 is 1.86. The van der Waals surface area contributed by atoms with Crippen LogP contribution in [0.1, 0.15) is 26.3 Å². The molecule has 0 aliphatic carbocycles. The van der Waals surface area contributed by atoms with E-state index < -0.39 is 16.4 Å². The molecule has 4 heteroatoms. The third kappa shape index (κ3) is 7.76. The number of rotatable bonds is 5. The maximum Gasteiger partial charge on any atom is 0.192 e. The second-order valence-corrected chi connectivity index (χ2v) is 19.2. The summed E-state index contributed by atoms with van der Waals surface area (Å²) in [6.07, 6.45) is 0. The minimum absolute atomic E-state index is 0.286. The van der Waals surface area contributed by atoms with E-state index in [1.807, 2.05) is 11.8 Å². The van der Waals surface area contributed by atoms with Gasteiger partial charge in [-0.05, 0) is 42.4 Å². The van der Waals surface area contributed by atoms with Crippen LogP contribution in [0, 0.1) is 11.5 Å². The fraction of sp³-hybridized carbons (Fsp3) is 0.579. The lowest BCUT2D eigenvalue weighted by molar-refractivity contribution is 0.311. The van der Waals surface area contributed by atoms with Crippen LogP contribution in [0.2, 0.25) is 37.8 Å². The lowest BCUT2D eigenvalue weighted by Crippen LogP contribution is -2.41. The van der Waals surface area contributed by atoms with Crippen molar-refractivity contribution in [1.82, 2.24) is 0 Å². The predicted molar refractivity (Wildman–Crippen MR) is 111 cm³/mol. The average Bonchev–Trinajstić information content (AvgIpc) is 2.40. The molecule has 0 radical (unpaired) electrons. The number of hydrogen-bond acceptors (Lipinski definition) is 2. The van der Waals surface area contributed by atoms with Crippen molar-refractivity contribution in [3.8, 4) is 11.5 Å². The first-order chi connectivity index (χ1) is 10.4. The van der Waals surface area contributed by atoms with Gasteiger partial charge in [-0.15, -0.1) is 17.3 Å². The fourth-order valence-electron chi connectivity index (χ4n) is 1.57. The molecule has 0 N–H and O–H groups in total. The number of benzene rings is 1. The third-order valence-electron chi connectivity index (χ3n) is 4.06. The Morgan fingerprint density at radius 1 is 1.00 bits per heavy atom. The minimum atomic E-state index is -1.61. The van der Waals surface area contributed by atoms with Crippen molar-refractivity contribution >= 4 is 28.2 Å². The highest BCUT2D eigenvalue weighted by Crippen LogP contribution is 2.36. The van der Waals surface area contributed by atoms with Crippen molar-refractivity contribution in [3.63, 3.8) is 0 Å². The third-order valence-corrected chi connectivity index (χ3v) is 10.4. The zero-order valence-corrected chi connectivity index (χ0v) is 18.9. The van der Waals surface area contributed by atoms with Crippen molar-refractivity contribution < 1.29 is 4.43 Å². The predicted octanol–water partition coefficient (Wildman–Crippen LogP) is 6.03. The Morgan fingerprint density at radius 2 is 1.57 bits per heavy atom. The molecule has 0 aromatic heterocycles. The number of hydrogen-bond donors (Lipinski definition) is 0. The first kappa shape index (κ1) is 20.6. The van der Waals surface area contributed by atoms with Gasteiger partial charge in [0, 0.05) is 22.8 Å². The molecule has 0 unspecified atom stereocenters. The van der Waals surface area contributed by atoms with E-state index in [4.69, 9.17) is 4.43 Å². The summed E-state index contributed by atoms with van der Waals surface area (Å²) in [5.74, 6) is 4.31. The maximum atomic E-state index is 6.22. The van der Waals surface area contributed by atoms with Crippen LogP contribution in [0.5, 0.6) is 0 Å². The van der Waals surface area contributed by atoms with E-state index in [1.165, 1.54) is 4.90 Å². The molecule has 0 heterocycles. The first-order valence-corrected chi connectivity index (χ1v) is 15.7. The Hall–Kier alpha value is -0.476. The normalized spacial score (nSPS) is 12.7. The lowest BCUT2D eigenvalue weighted by atomic mass is 10.2. The van der Waals surface area contributed by atoms with E-state index in [-0.39, 0.29) is 5.04 Å². The zero-order valence-electron chi connectivity index (χ0n) is 16.0. The van der Waals surface area contributed by atoms with Crippen LogP contribution in [0.25, 0.3) is 0 Å². The summed E-state index contributed by atoms with van der Waals surface area (Å²) in [7, 11) is -2.90. The van der Waals surface area contributed by atoms with Gasteiger partial charge in [0.25, 0.3) is 0 Å². The summed E-state index contributed by atoms with van der Waals surface area (Å²) in [4.78, 5) is 1.29. The van der Waals surface area contributed by atoms with Crippen molar-refractivity contribution in [2.24, 2.45) is 0 Å². The van der Waals surface area contributed by atoms with Crippen LogP contribution in [0.3, 0.4) is 0 Å². The molecule has 1 aromatic rings. The van der Waals surface area contributed by atoms with Crippen LogP contribution in [-0.2, 0) is 4.43 Å². The molecule has 23 heavy (non-hydrogen) atoms. The summed E-state index contributed by atoms with van der Waals surface area (Å²) in [5, 5.41) is 0.286. The van der Waals surface area contributed by atoms with Gasteiger partial charge >= 0.3 is 0 Å². The number of thioether (sulfide) groups is 1. The van der Waals surface area contributed by atoms with Gasteiger partial charge in [0.05, 0.1) is 0 Å². The van der Waals surface area contributed by atoms with Crippen LogP contribution in [0.15, 0.2) is 29.2 Å². The SMILES string of the molecule is CC(C)(C)[Si](C)(C)OCCSc1ccc(C#C[Si](C)(C)C)cc1. The fourth-order valence-corrected chi connectivity index (χ4v) is 4.01. The Labute approximate surface area is 149 Å². The summed E-state index contributed by atoms with van der Waals surface area (Å²) in [6.45, 7) is 19.1. The van der Waals surface area contributed by atoms with Crippen LogP contribution in [0.4, 0.5) is 0 Å². The van der Waals surface area contributed by atoms with Crippen LogP contribution in [-0.4, -0.2) is 28.8 Å². The standard InChI is InChI=1S/C19H32OSSi2/c1-19(2,3)23(7,8)20-14-15-21-18-11-9-17(10-12-18)13-16-22(4,5)6/h9-12H,14-15H2,1-8H3. The summed E-state index contributed by atoms with van der Waals surface area (Å²) < 4.78 is 6.22.